The molecule has 2 aromatic carbocycles. The molecule has 1 N–H and O–H groups in total. The second-order valence-corrected chi connectivity index (χ2v) is 5.64. The van der Waals surface area contributed by atoms with Crippen molar-refractivity contribution in [2.45, 2.75) is 20.0 Å². The van der Waals surface area contributed by atoms with Gasteiger partial charge in [-0.2, -0.15) is 5.10 Å². The molecule has 0 aromatic heterocycles. The molecule has 0 aliphatic rings. The summed E-state index contributed by atoms with van der Waals surface area (Å²) in [5, 5.41) is 4.56. The number of para-hydroxylation sites is 1. The number of rotatable bonds is 6. The van der Waals surface area contributed by atoms with Crippen molar-refractivity contribution in [2.75, 3.05) is 7.11 Å². The highest BCUT2D eigenvalue weighted by molar-refractivity contribution is 6.31. The van der Waals surface area contributed by atoms with Crippen LogP contribution in [0, 0.1) is 5.82 Å². The molecule has 0 saturated carbocycles. The van der Waals surface area contributed by atoms with Gasteiger partial charge in [-0.25, -0.2) is 9.82 Å². The molecule has 0 saturated heterocycles. The largest absolute Gasteiger partial charge is 0.496 e. The van der Waals surface area contributed by atoms with Crippen molar-refractivity contribution >= 4 is 23.2 Å². The van der Waals surface area contributed by atoms with Gasteiger partial charge in [0.05, 0.1) is 12.8 Å². The second kappa shape index (κ2) is 8.48. The van der Waals surface area contributed by atoms with Crippen LogP contribution in [0.1, 0.15) is 19.4 Å². The lowest BCUT2D eigenvalue weighted by Gasteiger charge is -2.14. The molecular formula is C18H18ClFN2O3. The number of halogens is 2. The van der Waals surface area contributed by atoms with Gasteiger partial charge in [-0.3, -0.25) is 4.79 Å². The molecule has 2 rings (SSSR count). The Labute approximate surface area is 150 Å². The van der Waals surface area contributed by atoms with Crippen molar-refractivity contribution < 1.29 is 18.7 Å². The van der Waals surface area contributed by atoms with Gasteiger partial charge < -0.3 is 9.47 Å². The van der Waals surface area contributed by atoms with Crippen LogP contribution in [-0.2, 0) is 4.79 Å². The SMILES string of the molecule is COc1ccc(Cl)cc1/C(C)=N\NC(=O)[C@H](C)Oc1ccccc1F. The van der Waals surface area contributed by atoms with E-state index >= 15 is 0 Å². The Hall–Kier alpha value is -2.60. The van der Waals surface area contributed by atoms with Crippen molar-refractivity contribution in [2.24, 2.45) is 5.10 Å². The number of hydrazone groups is 1. The summed E-state index contributed by atoms with van der Waals surface area (Å²) >= 11 is 5.98. The van der Waals surface area contributed by atoms with Crippen molar-refractivity contribution in [1.29, 1.82) is 0 Å². The zero-order valence-corrected chi connectivity index (χ0v) is 14.8. The normalized spacial score (nSPS) is 12.4. The summed E-state index contributed by atoms with van der Waals surface area (Å²) in [7, 11) is 1.53. The molecular weight excluding hydrogens is 347 g/mol. The minimum absolute atomic E-state index is 0.00219. The number of benzene rings is 2. The molecule has 0 radical (unpaired) electrons. The molecule has 7 heteroatoms. The Balaban J connectivity index is 2.06. The molecule has 0 aliphatic heterocycles. The Morgan fingerprint density at radius 3 is 2.64 bits per heavy atom. The average molecular weight is 365 g/mol. The van der Waals surface area contributed by atoms with E-state index in [1.807, 2.05) is 0 Å². The molecule has 0 aliphatic carbocycles. The van der Waals surface area contributed by atoms with Gasteiger partial charge in [-0.1, -0.05) is 23.7 Å². The van der Waals surface area contributed by atoms with E-state index in [-0.39, 0.29) is 5.75 Å². The van der Waals surface area contributed by atoms with E-state index in [0.29, 0.717) is 22.0 Å². The van der Waals surface area contributed by atoms with Crippen LogP contribution in [0.4, 0.5) is 4.39 Å². The maximum absolute atomic E-state index is 13.6. The lowest BCUT2D eigenvalue weighted by Crippen LogP contribution is -2.34. The molecule has 1 amide bonds. The molecule has 0 spiro atoms. The van der Waals surface area contributed by atoms with Crippen molar-refractivity contribution in [3.63, 3.8) is 0 Å². The zero-order valence-electron chi connectivity index (χ0n) is 14.0. The number of hydrogen-bond donors (Lipinski definition) is 1. The third-order valence-corrected chi connectivity index (χ3v) is 3.63. The summed E-state index contributed by atoms with van der Waals surface area (Å²) in [6.07, 6.45) is -0.922. The van der Waals surface area contributed by atoms with Crippen LogP contribution in [-0.4, -0.2) is 24.8 Å². The minimum atomic E-state index is -0.922. The summed E-state index contributed by atoms with van der Waals surface area (Å²) in [5.74, 6) is -0.466. The molecule has 5 nitrogen and oxygen atoms in total. The summed E-state index contributed by atoms with van der Waals surface area (Å²) < 4.78 is 24.1. The number of ether oxygens (including phenoxy) is 2. The van der Waals surface area contributed by atoms with E-state index in [9.17, 15) is 9.18 Å². The van der Waals surface area contributed by atoms with Gasteiger partial charge in [0, 0.05) is 10.6 Å². The van der Waals surface area contributed by atoms with E-state index in [0.717, 1.165) is 0 Å². The number of nitrogens with one attached hydrogen (secondary N) is 1. The molecule has 1 atom stereocenters. The van der Waals surface area contributed by atoms with Crippen molar-refractivity contribution in [1.82, 2.24) is 5.43 Å². The Morgan fingerprint density at radius 2 is 1.96 bits per heavy atom. The van der Waals surface area contributed by atoms with Gasteiger partial charge in [0.25, 0.3) is 5.91 Å². The number of hydrogen-bond acceptors (Lipinski definition) is 4. The Kier molecular flexibility index (Phi) is 6.36. The van der Waals surface area contributed by atoms with Crippen LogP contribution in [0.5, 0.6) is 11.5 Å². The van der Waals surface area contributed by atoms with Gasteiger partial charge in [-0.15, -0.1) is 0 Å². The standard InChI is InChI=1S/C18H18ClFN2O3/c1-11(14-10-13(19)8-9-16(14)24-3)21-22-18(23)12(2)25-17-7-5-4-6-15(17)20/h4-10,12H,1-3H3,(H,22,23)/b21-11-/t12-/m0/s1. The summed E-state index contributed by atoms with van der Waals surface area (Å²) in [6, 6.07) is 11.0. The quantitative estimate of drug-likeness (QED) is 0.626. The van der Waals surface area contributed by atoms with Crippen LogP contribution in [0.15, 0.2) is 47.6 Å². The maximum Gasteiger partial charge on any atom is 0.280 e. The lowest BCUT2D eigenvalue weighted by atomic mass is 10.1. The Morgan fingerprint density at radius 1 is 1.24 bits per heavy atom. The zero-order chi connectivity index (χ0) is 18.4. The molecule has 0 heterocycles. The predicted molar refractivity (Wildman–Crippen MR) is 94.8 cm³/mol. The fourth-order valence-corrected chi connectivity index (χ4v) is 2.21. The highest BCUT2D eigenvalue weighted by Crippen LogP contribution is 2.23. The average Bonchev–Trinajstić information content (AvgIpc) is 2.61. The van der Waals surface area contributed by atoms with E-state index in [1.165, 1.54) is 26.2 Å². The first-order valence-corrected chi connectivity index (χ1v) is 7.89. The van der Waals surface area contributed by atoms with Gasteiger partial charge in [0.15, 0.2) is 17.7 Å². The topological polar surface area (TPSA) is 59.9 Å². The molecule has 0 fully saturated rings. The van der Waals surface area contributed by atoms with Crippen molar-refractivity contribution in [3.05, 3.63) is 58.9 Å². The number of nitrogens with zero attached hydrogens (tertiary/aromatic N) is 1. The molecule has 0 unspecified atom stereocenters. The third-order valence-electron chi connectivity index (χ3n) is 3.39. The van der Waals surface area contributed by atoms with Gasteiger partial charge in [-0.05, 0) is 44.2 Å². The third kappa shape index (κ3) is 4.93. The van der Waals surface area contributed by atoms with E-state index < -0.39 is 17.8 Å². The van der Waals surface area contributed by atoms with Crippen LogP contribution < -0.4 is 14.9 Å². The van der Waals surface area contributed by atoms with E-state index in [4.69, 9.17) is 21.1 Å². The monoisotopic (exact) mass is 364 g/mol. The van der Waals surface area contributed by atoms with Gasteiger partial charge in [0.1, 0.15) is 5.75 Å². The van der Waals surface area contributed by atoms with E-state index in [2.05, 4.69) is 10.5 Å². The highest BCUT2D eigenvalue weighted by atomic mass is 35.5. The number of carbonyl (C=O) groups is 1. The molecule has 132 valence electrons. The first kappa shape index (κ1) is 18.7. The molecule has 2 aromatic rings. The molecule has 0 bridgehead atoms. The maximum atomic E-state index is 13.6. The van der Waals surface area contributed by atoms with Crippen LogP contribution in [0.2, 0.25) is 5.02 Å². The number of carbonyl (C=O) groups excluding carboxylic acids is 1. The van der Waals surface area contributed by atoms with Crippen LogP contribution in [0.25, 0.3) is 0 Å². The fourth-order valence-electron chi connectivity index (χ4n) is 2.04. The predicted octanol–water partition coefficient (Wildman–Crippen LogP) is 3.80. The van der Waals surface area contributed by atoms with Gasteiger partial charge >= 0.3 is 0 Å². The molecule has 25 heavy (non-hydrogen) atoms. The van der Waals surface area contributed by atoms with Gasteiger partial charge in [0.2, 0.25) is 0 Å². The highest BCUT2D eigenvalue weighted by Gasteiger charge is 2.16. The Bertz CT molecular complexity index is 796. The van der Waals surface area contributed by atoms with Crippen LogP contribution >= 0.6 is 11.6 Å². The minimum Gasteiger partial charge on any atom is -0.496 e. The van der Waals surface area contributed by atoms with E-state index in [1.54, 1.807) is 37.3 Å². The summed E-state index contributed by atoms with van der Waals surface area (Å²) in [4.78, 5) is 12.1. The summed E-state index contributed by atoms with van der Waals surface area (Å²) in [6.45, 7) is 3.21. The number of amides is 1. The summed E-state index contributed by atoms with van der Waals surface area (Å²) in [5.41, 5.74) is 3.55. The number of methoxy groups -OCH3 is 1. The van der Waals surface area contributed by atoms with Crippen molar-refractivity contribution in [3.8, 4) is 11.5 Å². The van der Waals surface area contributed by atoms with Crippen LogP contribution in [0.3, 0.4) is 0 Å². The second-order valence-electron chi connectivity index (χ2n) is 5.21. The smallest absolute Gasteiger partial charge is 0.280 e. The fraction of sp³-hybridized carbons (Fsp3) is 0.222. The lowest BCUT2D eigenvalue weighted by molar-refractivity contribution is -0.127. The first-order chi connectivity index (χ1) is 11.9. The first-order valence-electron chi connectivity index (χ1n) is 7.51.